The predicted molar refractivity (Wildman–Crippen MR) is 91.5 cm³/mol. The zero-order valence-corrected chi connectivity index (χ0v) is 12.8. The van der Waals surface area contributed by atoms with Gasteiger partial charge in [0.25, 0.3) is 0 Å². The Labute approximate surface area is 133 Å². The van der Waals surface area contributed by atoms with Crippen LogP contribution < -0.4 is 11.1 Å². The third kappa shape index (κ3) is 3.01. The molecule has 3 rings (SSSR count). The lowest BCUT2D eigenvalue weighted by molar-refractivity contribution is 0.147. The molecule has 120 valence electrons. The Morgan fingerprint density at radius 1 is 1.26 bits per heavy atom. The van der Waals surface area contributed by atoms with E-state index in [1.807, 2.05) is 24.3 Å². The molecule has 0 unspecified atom stereocenters. The van der Waals surface area contributed by atoms with Gasteiger partial charge in [-0.3, -0.25) is 4.99 Å². The van der Waals surface area contributed by atoms with Gasteiger partial charge >= 0.3 is 0 Å². The van der Waals surface area contributed by atoms with Gasteiger partial charge in [-0.25, -0.2) is 4.98 Å². The number of benzene rings is 1. The Kier molecular flexibility index (Phi) is 3.97. The van der Waals surface area contributed by atoms with Gasteiger partial charge in [0, 0.05) is 11.6 Å². The number of nitrogens with zero attached hydrogens (tertiary/aromatic N) is 3. The third-order valence-electron chi connectivity index (χ3n) is 3.85. The number of nitrogen functional groups attached to an aromatic ring is 1. The smallest absolute Gasteiger partial charge is 0.222 e. The zero-order valence-electron chi connectivity index (χ0n) is 12.8. The molecule has 7 nitrogen and oxygen atoms in total. The highest BCUT2D eigenvalue weighted by atomic mass is 16.3. The number of fused-ring (bicyclic) bond motifs is 1. The van der Waals surface area contributed by atoms with E-state index >= 15 is 0 Å². The lowest BCUT2D eigenvalue weighted by Crippen LogP contribution is -2.42. The van der Waals surface area contributed by atoms with E-state index in [0.29, 0.717) is 17.9 Å². The Morgan fingerprint density at radius 2 is 2.04 bits per heavy atom. The molecule has 2 heterocycles. The standard InChI is InChI=1S/C16H19N5O2/c1-16(8-22,9-23)21-14-12-3-2-10(11-4-5-18-7-11)6-13(12)19-15(17)20-14/h2-6,22-23H,7-9H2,1H3,(H3,17,19,20,21). The van der Waals surface area contributed by atoms with Crippen LogP contribution in [0.3, 0.4) is 0 Å². The number of rotatable bonds is 5. The first-order valence-corrected chi connectivity index (χ1v) is 7.31. The van der Waals surface area contributed by atoms with Crippen LogP contribution in [0, 0.1) is 0 Å². The fraction of sp³-hybridized carbons (Fsp3) is 0.312. The molecule has 0 atom stereocenters. The van der Waals surface area contributed by atoms with Crippen molar-refractivity contribution in [1.29, 1.82) is 0 Å². The van der Waals surface area contributed by atoms with Gasteiger partial charge in [-0.15, -0.1) is 0 Å². The monoisotopic (exact) mass is 313 g/mol. The van der Waals surface area contributed by atoms with Crippen molar-refractivity contribution < 1.29 is 10.2 Å². The van der Waals surface area contributed by atoms with Crippen LogP contribution >= 0.6 is 0 Å². The summed E-state index contributed by atoms with van der Waals surface area (Å²) in [4.78, 5) is 12.7. The van der Waals surface area contributed by atoms with Crippen LogP contribution in [0.25, 0.3) is 16.5 Å². The second kappa shape index (κ2) is 5.94. The summed E-state index contributed by atoms with van der Waals surface area (Å²) in [5.74, 6) is 0.619. The molecule has 23 heavy (non-hydrogen) atoms. The van der Waals surface area contributed by atoms with Crippen molar-refractivity contribution in [2.75, 3.05) is 30.8 Å². The van der Waals surface area contributed by atoms with E-state index in [0.717, 1.165) is 16.5 Å². The maximum atomic E-state index is 9.46. The number of aromatic nitrogens is 2. The average Bonchev–Trinajstić information content (AvgIpc) is 3.08. The minimum atomic E-state index is -0.895. The first kappa shape index (κ1) is 15.4. The topological polar surface area (TPSA) is 117 Å². The molecule has 2 aromatic rings. The van der Waals surface area contributed by atoms with Gasteiger partial charge < -0.3 is 21.3 Å². The average molecular weight is 313 g/mol. The molecule has 0 saturated carbocycles. The molecule has 0 aliphatic carbocycles. The van der Waals surface area contributed by atoms with Crippen LogP contribution in [0.2, 0.25) is 0 Å². The molecule has 1 aromatic carbocycles. The Bertz CT molecular complexity index is 796. The Morgan fingerprint density at radius 3 is 2.70 bits per heavy atom. The molecule has 0 saturated heterocycles. The summed E-state index contributed by atoms with van der Waals surface area (Å²) in [6.07, 6.45) is 3.76. The van der Waals surface area contributed by atoms with Gasteiger partial charge in [-0.2, -0.15) is 4.98 Å². The molecule has 1 aromatic heterocycles. The number of hydrogen-bond acceptors (Lipinski definition) is 7. The largest absolute Gasteiger partial charge is 0.394 e. The molecule has 1 aliphatic rings. The summed E-state index contributed by atoms with van der Waals surface area (Å²) in [6, 6.07) is 5.82. The van der Waals surface area contributed by atoms with E-state index in [1.165, 1.54) is 0 Å². The predicted octanol–water partition coefficient (Wildman–Crippen LogP) is 0.835. The highest BCUT2D eigenvalue weighted by Gasteiger charge is 2.24. The van der Waals surface area contributed by atoms with E-state index in [-0.39, 0.29) is 19.2 Å². The second-order valence-electron chi connectivity index (χ2n) is 5.85. The highest BCUT2D eigenvalue weighted by Crippen LogP contribution is 2.27. The first-order valence-electron chi connectivity index (χ1n) is 7.31. The van der Waals surface area contributed by atoms with Gasteiger partial charge in [-0.05, 0) is 36.3 Å². The fourth-order valence-corrected chi connectivity index (χ4v) is 2.39. The molecule has 0 spiro atoms. The number of nitrogens with two attached hydrogens (primary N) is 1. The summed E-state index contributed by atoms with van der Waals surface area (Å²) in [5.41, 5.74) is 7.76. The molecule has 0 fully saturated rings. The molecular weight excluding hydrogens is 294 g/mol. The number of hydrogen-bond donors (Lipinski definition) is 4. The van der Waals surface area contributed by atoms with Crippen molar-refractivity contribution in [3.63, 3.8) is 0 Å². The number of aliphatic hydroxyl groups excluding tert-OH is 2. The number of nitrogens with one attached hydrogen (secondary N) is 1. The Balaban J connectivity index is 2.05. The number of aliphatic imine (C=N–C) groups is 1. The van der Waals surface area contributed by atoms with Crippen molar-refractivity contribution in [3.05, 3.63) is 29.8 Å². The van der Waals surface area contributed by atoms with E-state index in [2.05, 4.69) is 20.3 Å². The van der Waals surface area contributed by atoms with Gasteiger partial charge in [0.1, 0.15) is 5.82 Å². The summed E-state index contributed by atoms with van der Waals surface area (Å²) in [7, 11) is 0. The number of allylic oxidation sites excluding steroid dienone is 1. The number of aliphatic hydroxyl groups is 2. The normalized spacial score (nSPS) is 14.3. The highest BCUT2D eigenvalue weighted by molar-refractivity contribution is 5.95. The first-order chi connectivity index (χ1) is 11.0. The van der Waals surface area contributed by atoms with Crippen molar-refractivity contribution in [2.45, 2.75) is 12.5 Å². The minimum Gasteiger partial charge on any atom is -0.394 e. The summed E-state index contributed by atoms with van der Waals surface area (Å²) >= 11 is 0. The van der Waals surface area contributed by atoms with E-state index in [9.17, 15) is 10.2 Å². The number of anilines is 2. The molecule has 0 amide bonds. The van der Waals surface area contributed by atoms with E-state index in [1.54, 1.807) is 13.1 Å². The molecule has 1 aliphatic heterocycles. The lowest BCUT2D eigenvalue weighted by atomic mass is 10.0. The maximum absolute atomic E-state index is 9.46. The lowest BCUT2D eigenvalue weighted by Gasteiger charge is -2.27. The maximum Gasteiger partial charge on any atom is 0.222 e. The molecule has 0 bridgehead atoms. The molecule has 0 radical (unpaired) electrons. The van der Waals surface area contributed by atoms with Crippen LogP contribution in [-0.2, 0) is 0 Å². The van der Waals surface area contributed by atoms with E-state index < -0.39 is 5.54 Å². The van der Waals surface area contributed by atoms with Crippen LogP contribution in [0.5, 0.6) is 0 Å². The van der Waals surface area contributed by atoms with Gasteiger partial charge in [0.05, 0.1) is 30.8 Å². The SMILES string of the molecule is CC(CO)(CO)Nc1nc(N)nc2cc(C3=CC=NC3)ccc12. The summed E-state index contributed by atoms with van der Waals surface area (Å²) in [6.45, 7) is 1.88. The molecule has 7 heteroatoms. The fourth-order valence-electron chi connectivity index (χ4n) is 2.39. The van der Waals surface area contributed by atoms with Gasteiger partial charge in [0.15, 0.2) is 0 Å². The van der Waals surface area contributed by atoms with Crippen LogP contribution in [0.1, 0.15) is 12.5 Å². The quantitative estimate of drug-likeness (QED) is 0.650. The van der Waals surface area contributed by atoms with Crippen molar-refractivity contribution in [3.8, 4) is 0 Å². The minimum absolute atomic E-state index is 0.132. The van der Waals surface area contributed by atoms with E-state index in [4.69, 9.17) is 5.73 Å². The summed E-state index contributed by atoms with van der Waals surface area (Å²) < 4.78 is 0. The van der Waals surface area contributed by atoms with Crippen LogP contribution in [0.4, 0.5) is 11.8 Å². The van der Waals surface area contributed by atoms with Crippen LogP contribution in [0.15, 0.2) is 29.3 Å². The van der Waals surface area contributed by atoms with Crippen molar-refractivity contribution in [2.24, 2.45) is 4.99 Å². The van der Waals surface area contributed by atoms with Crippen molar-refractivity contribution in [1.82, 2.24) is 9.97 Å². The van der Waals surface area contributed by atoms with Gasteiger partial charge in [-0.1, -0.05) is 6.07 Å². The molecular formula is C16H19N5O2. The zero-order chi connectivity index (χ0) is 16.4. The second-order valence-corrected chi connectivity index (χ2v) is 5.85. The molecule has 5 N–H and O–H groups in total. The third-order valence-corrected chi connectivity index (χ3v) is 3.85. The van der Waals surface area contributed by atoms with Gasteiger partial charge in [0.2, 0.25) is 5.95 Å². The van der Waals surface area contributed by atoms with Crippen LogP contribution in [-0.4, -0.2) is 51.7 Å². The summed E-state index contributed by atoms with van der Waals surface area (Å²) in [5, 5.41) is 22.7. The van der Waals surface area contributed by atoms with Crippen molar-refractivity contribution >= 4 is 34.5 Å². The Hall–Kier alpha value is -2.51.